The Balaban J connectivity index is 1.97. The molecular weight excluding hydrogens is 485 g/mol. The van der Waals surface area contributed by atoms with E-state index in [1.165, 1.54) is 11.3 Å². The van der Waals surface area contributed by atoms with Gasteiger partial charge in [0.25, 0.3) is 5.91 Å². The second-order valence-corrected chi connectivity index (χ2v) is 9.61. The van der Waals surface area contributed by atoms with Gasteiger partial charge in [-0.1, -0.05) is 54.6 Å². The topological polar surface area (TPSA) is 80.8 Å². The van der Waals surface area contributed by atoms with Crippen LogP contribution in [0, 0.1) is 0 Å². The first-order valence-corrected chi connectivity index (χ1v) is 12.6. The van der Waals surface area contributed by atoms with Crippen LogP contribution in [0.15, 0.2) is 24.3 Å². The van der Waals surface area contributed by atoms with Gasteiger partial charge < -0.3 is 19.7 Å². The fourth-order valence-electron chi connectivity index (χ4n) is 3.98. The van der Waals surface area contributed by atoms with Gasteiger partial charge in [0.15, 0.2) is 5.69 Å². The van der Waals surface area contributed by atoms with Crippen LogP contribution in [-0.4, -0.2) is 54.0 Å². The Kier molecular flexibility index (Phi) is 9.79. The zero-order chi connectivity index (χ0) is 23.8. The third-order valence-corrected chi connectivity index (χ3v) is 7.23. The first kappa shape index (κ1) is 25.7. The number of rotatable bonds is 10. The molecule has 1 aromatic heterocycles. The highest BCUT2D eigenvalue weighted by Gasteiger charge is 2.35. The number of nitrogens with zero attached hydrogens (tertiary/aromatic N) is 2. The Labute approximate surface area is 208 Å². The third-order valence-electron chi connectivity index (χ3n) is 5.62. The van der Waals surface area contributed by atoms with Crippen molar-refractivity contribution in [2.24, 2.45) is 0 Å². The molecule has 0 spiro atoms. The lowest BCUT2D eigenvalue weighted by Crippen LogP contribution is -2.48. The largest absolute Gasteiger partial charge is 0.494 e. The monoisotopic (exact) mass is 513 g/mol. The van der Waals surface area contributed by atoms with E-state index in [1.807, 2.05) is 6.92 Å². The second-order valence-electron chi connectivity index (χ2n) is 7.86. The van der Waals surface area contributed by atoms with Crippen LogP contribution < -0.4 is 10.1 Å². The molecule has 1 heterocycles. The summed E-state index contributed by atoms with van der Waals surface area (Å²) in [7, 11) is 1.54. The van der Waals surface area contributed by atoms with Crippen molar-refractivity contribution in [1.82, 2.24) is 14.6 Å². The number of amides is 2. The molecular formula is C23H29Cl2N3O4S. The molecule has 0 bridgehead atoms. The van der Waals surface area contributed by atoms with E-state index in [9.17, 15) is 9.59 Å². The van der Waals surface area contributed by atoms with Crippen LogP contribution in [0.2, 0.25) is 9.36 Å². The minimum absolute atomic E-state index is 0.0316. The molecule has 33 heavy (non-hydrogen) atoms. The van der Waals surface area contributed by atoms with Crippen molar-refractivity contribution in [3.8, 4) is 5.75 Å². The number of carbonyl (C=O) groups excluding carboxylic acids is 2. The molecule has 1 unspecified atom stereocenters. The molecule has 0 aliphatic heterocycles. The molecule has 0 radical (unpaired) electrons. The molecule has 1 aliphatic carbocycles. The lowest BCUT2D eigenvalue weighted by atomic mass is 9.94. The average Bonchev–Trinajstić information content (AvgIpc) is 3.16. The lowest BCUT2D eigenvalue weighted by Gasteiger charge is -2.33. The number of hydrogen-bond acceptors (Lipinski definition) is 6. The molecule has 0 saturated heterocycles. The van der Waals surface area contributed by atoms with E-state index < -0.39 is 11.9 Å². The van der Waals surface area contributed by atoms with Gasteiger partial charge in [-0.25, -0.2) is 0 Å². The second kappa shape index (κ2) is 12.6. The van der Waals surface area contributed by atoms with Crippen LogP contribution in [0.25, 0.3) is 0 Å². The van der Waals surface area contributed by atoms with Crippen molar-refractivity contribution in [3.05, 3.63) is 44.9 Å². The van der Waals surface area contributed by atoms with Crippen molar-refractivity contribution in [2.45, 2.75) is 51.1 Å². The number of carbonyl (C=O) groups is 2. The maximum atomic E-state index is 13.6. The predicted molar refractivity (Wildman–Crippen MR) is 130 cm³/mol. The molecule has 1 N–H and O–H groups in total. The quantitative estimate of drug-likeness (QED) is 0.476. The maximum absolute atomic E-state index is 13.6. The molecule has 1 saturated carbocycles. The number of aromatic nitrogens is 1. The molecule has 1 atom stereocenters. The number of nitrogens with one attached hydrogen (secondary N) is 1. The summed E-state index contributed by atoms with van der Waals surface area (Å²) in [5.41, 5.74) is 0.692. The van der Waals surface area contributed by atoms with Crippen molar-refractivity contribution in [1.29, 1.82) is 0 Å². The number of hydrogen-bond donors (Lipinski definition) is 1. The van der Waals surface area contributed by atoms with Crippen LogP contribution in [0.3, 0.4) is 0 Å². The summed E-state index contributed by atoms with van der Waals surface area (Å²) >= 11 is 13.2. The molecule has 2 aromatic rings. The fourth-order valence-corrected chi connectivity index (χ4v) is 4.97. The Morgan fingerprint density at radius 3 is 2.48 bits per heavy atom. The third kappa shape index (κ3) is 6.59. The molecule has 7 nitrogen and oxygen atoms in total. The highest BCUT2D eigenvalue weighted by Crippen LogP contribution is 2.33. The first-order valence-electron chi connectivity index (χ1n) is 11.1. The molecule has 3 rings (SSSR count). The van der Waals surface area contributed by atoms with E-state index in [-0.39, 0.29) is 40.2 Å². The zero-order valence-electron chi connectivity index (χ0n) is 18.8. The molecule has 1 aromatic carbocycles. The number of methoxy groups -OCH3 is 1. The molecule has 2 amide bonds. The van der Waals surface area contributed by atoms with Gasteiger partial charge in [-0.2, -0.15) is 4.37 Å². The van der Waals surface area contributed by atoms with Crippen LogP contribution in [0.5, 0.6) is 5.75 Å². The molecule has 1 aliphatic rings. The standard InChI is InChI=1S/C23H29Cl2N3O4S/c1-3-32-17-11-9-15(10-12-17)20(22(29)26-16-7-5-4-6-8-16)28(13-14-31-2)23(30)19-18(24)21(25)33-27-19/h9-12,16,20H,3-8,13-14H2,1-2H3,(H,26,29). The molecule has 1 fully saturated rings. The molecule has 10 heteroatoms. The highest BCUT2D eigenvalue weighted by atomic mass is 35.5. The van der Waals surface area contributed by atoms with E-state index >= 15 is 0 Å². The Bertz CT molecular complexity index is 932. The molecule has 180 valence electrons. The van der Waals surface area contributed by atoms with Crippen LogP contribution in [-0.2, 0) is 9.53 Å². The average molecular weight is 514 g/mol. The van der Waals surface area contributed by atoms with Gasteiger partial charge in [0.05, 0.1) is 13.2 Å². The normalized spacial score (nSPS) is 15.2. The summed E-state index contributed by atoms with van der Waals surface area (Å²) in [4.78, 5) is 28.6. The van der Waals surface area contributed by atoms with Gasteiger partial charge in [0.1, 0.15) is 21.2 Å². The van der Waals surface area contributed by atoms with Crippen LogP contribution >= 0.6 is 34.7 Å². The lowest BCUT2D eigenvalue weighted by molar-refractivity contribution is -0.127. The van der Waals surface area contributed by atoms with Gasteiger partial charge in [0, 0.05) is 19.7 Å². The van der Waals surface area contributed by atoms with Crippen molar-refractivity contribution in [3.63, 3.8) is 0 Å². The van der Waals surface area contributed by atoms with Crippen molar-refractivity contribution < 1.29 is 19.1 Å². The zero-order valence-corrected chi connectivity index (χ0v) is 21.1. The maximum Gasteiger partial charge on any atom is 0.276 e. The van der Waals surface area contributed by atoms with Gasteiger partial charge in [-0.3, -0.25) is 9.59 Å². The van der Waals surface area contributed by atoms with Gasteiger partial charge in [-0.05, 0) is 49.0 Å². The van der Waals surface area contributed by atoms with Crippen LogP contribution in [0.4, 0.5) is 0 Å². The van der Waals surface area contributed by atoms with E-state index in [4.69, 9.17) is 32.7 Å². The smallest absolute Gasteiger partial charge is 0.276 e. The number of halogens is 2. The van der Waals surface area contributed by atoms with Crippen LogP contribution in [0.1, 0.15) is 61.1 Å². The summed E-state index contributed by atoms with van der Waals surface area (Å²) in [5.74, 6) is -0.0253. The van der Waals surface area contributed by atoms with Gasteiger partial charge >= 0.3 is 0 Å². The van der Waals surface area contributed by atoms with Crippen molar-refractivity contribution >= 4 is 46.5 Å². The number of ether oxygens (including phenoxy) is 2. The number of benzene rings is 1. The minimum Gasteiger partial charge on any atom is -0.494 e. The summed E-state index contributed by atoms with van der Waals surface area (Å²) in [6, 6.07) is 6.41. The fraction of sp³-hybridized carbons (Fsp3) is 0.522. The van der Waals surface area contributed by atoms with Gasteiger partial charge in [0.2, 0.25) is 5.91 Å². The predicted octanol–water partition coefficient (Wildman–Crippen LogP) is 5.13. The highest BCUT2D eigenvalue weighted by molar-refractivity contribution is 7.11. The first-order chi connectivity index (χ1) is 16.0. The van der Waals surface area contributed by atoms with E-state index in [1.54, 1.807) is 31.4 Å². The van der Waals surface area contributed by atoms with Gasteiger partial charge in [-0.15, -0.1) is 0 Å². The summed E-state index contributed by atoms with van der Waals surface area (Å²) in [5, 5.41) is 3.25. The summed E-state index contributed by atoms with van der Waals surface area (Å²) in [6.45, 7) is 2.86. The Morgan fingerprint density at radius 1 is 1.21 bits per heavy atom. The van der Waals surface area contributed by atoms with Crippen molar-refractivity contribution in [2.75, 3.05) is 26.9 Å². The van der Waals surface area contributed by atoms with E-state index in [0.717, 1.165) is 37.2 Å². The Hall–Kier alpha value is -1.87. The van der Waals surface area contributed by atoms with E-state index in [2.05, 4.69) is 9.69 Å². The SMILES string of the molecule is CCOc1ccc(C(C(=O)NC2CCCCC2)N(CCOC)C(=O)c2nsc(Cl)c2Cl)cc1. The summed E-state index contributed by atoms with van der Waals surface area (Å²) < 4.78 is 15.1. The Morgan fingerprint density at radius 2 is 1.91 bits per heavy atom. The summed E-state index contributed by atoms with van der Waals surface area (Å²) in [6.07, 6.45) is 5.20. The minimum atomic E-state index is -0.887. The van der Waals surface area contributed by atoms with E-state index in [0.29, 0.717) is 17.9 Å².